The maximum absolute atomic E-state index is 5.59. The van der Waals surface area contributed by atoms with Gasteiger partial charge in [0.1, 0.15) is 0 Å². The molecule has 1 aliphatic heterocycles. The van der Waals surface area contributed by atoms with E-state index in [1.165, 1.54) is 29.2 Å². The van der Waals surface area contributed by atoms with Gasteiger partial charge in [-0.15, -0.1) is 0 Å². The van der Waals surface area contributed by atoms with E-state index in [-0.39, 0.29) is 0 Å². The third-order valence-corrected chi connectivity index (χ3v) is 4.46. The lowest BCUT2D eigenvalue weighted by Crippen LogP contribution is -2.38. The quantitative estimate of drug-likeness (QED) is 0.871. The highest BCUT2D eigenvalue weighted by Gasteiger charge is 2.25. The molecule has 1 N–H and O–H groups in total. The Morgan fingerprint density at radius 2 is 2.05 bits per heavy atom. The zero-order valence-electron chi connectivity index (χ0n) is 12.8. The molecule has 2 nitrogen and oxygen atoms in total. The predicted octanol–water partition coefficient (Wildman–Crippen LogP) is 3.79. The summed E-state index contributed by atoms with van der Waals surface area (Å²) in [5, 5.41) is 6.39. The molecule has 0 spiro atoms. The van der Waals surface area contributed by atoms with Gasteiger partial charge in [-0.25, -0.2) is 0 Å². The molecular weight excluding hydrogens is 258 g/mol. The van der Waals surface area contributed by atoms with Crippen LogP contribution >= 0.6 is 0 Å². The Morgan fingerprint density at radius 1 is 1.19 bits per heavy atom. The first-order valence-electron chi connectivity index (χ1n) is 8.15. The molecule has 1 saturated heterocycles. The van der Waals surface area contributed by atoms with Crippen LogP contribution in [0.5, 0.6) is 0 Å². The minimum atomic E-state index is 0.536. The molecule has 3 rings (SSSR count). The summed E-state index contributed by atoms with van der Waals surface area (Å²) >= 11 is 0. The van der Waals surface area contributed by atoms with Gasteiger partial charge in [-0.2, -0.15) is 0 Å². The fraction of sp³-hybridized carbons (Fsp3) is 0.474. The summed E-state index contributed by atoms with van der Waals surface area (Å²) in [6, 6.07) is 16.0. The molecule has 0 radical (unpaired) electrons. The SMILES string of the molecule is CCCNC(Cc1ccc2ccccc2c1)C1CCOC1. The van der Waals surface area contributed by atoms with Crippen LogP contribution in [0.25, 0.3) is 10.8 Å². The van der Waals surface area contributed by atoms with Crippen molar-refractivity contribution < 1.29 is 4.74 Å². The number of hydrogen-bond donors (Lipinski definition) is 1. The first-order valence-corrected chi connectivity index (χ1v) is 8.15. The van der Waals surface area contributed by atoms with Crippen LogP contribution in [-0.4, -0.2) is 25.8 Å². The van der Waals surface area contributed by atoms with Crippen LogP contribution in [0.2, 0.25) is 0 Å². The van der Waals surface area contributed by atoms with Gasteiger partial charge in [0.15, 0.2) is 0 Å². The van der Waals surface area contributed by atoms with Crippen molar-refractivity contribution in [3.8, 4) is 0 Å². The highest BCUT2D eigenvalue weighted by Crippen LogP contribution is 2.22. The van der Waals surface area contributed by atoms with E-state index in [1.807, 2.05) is 0 Å². The number of hydrogen-bond acceptors (Lipinski definition) is 2. The van der Waals surface area contributed by atoms with Crippen LogP contribution in [0.15, 0.2) is 42.5 Å². The zero-order chi connectivity index (χ0) is 14.5. The van der Waals surface area contributed by atoms with E-state index in [4.69, 9.17) is 4.74 Å². The van der Waals surface area contributed by atoms with Crippen molar-refractivity contribution in [3.63, 3.8) is 0 Å². The fourth-order valence-electron chi connectivity index (χ4n) is 3.23. The van der Waals surface area contributed by atoms with E-state index in [0.29, 0.717) is 12.0 Å². The standard InChI is InChI=1S/C19H25NO/c1-2-10-20-19(18-9-11-21-14-18)13-15-7-8-16-5-3-4-6-17(16)12-15/h3-8,12,18-20H,2,9-11,13-14H2,1H3. The molecule has 0 amide bonds. The Balaban J connectivity index is 1.75. The number of rotatable bonds is 6. The van der Waals surface area contributed by atoms with Crippen molar-refractivity contribution in [2.75, 3.05) is 19.8 Å². The van der Waals surface area contributed by atoms with Gasteiger partial charge < -0.3 is 10.1 Å². The molecule has 0 saturated carbocycles. The topological polar surface area (TPSA) is 21.3 Å². The lowest BCUT2D eigenvalue weighted by Gasteiger charge is -2.24. The largest absolute Gasteiger partial charge is 0.381 e. The predicted molar refractivity (Wildman–Crippen MR) is 88.7 cm³/mol. The van der Waals surface area contributed by atoms with Gasteiger partial charge in [0, 0.05) is 18.6 Å². The first-order chi connectivity index (χ1) is 10.4. The third-order valence-electron chi connectivity index (χ3n) is 4.46. The zero-order valence-corrected chi connectivity index (χ0v) is 12.8. The molecule has 2 aromatic rings. The molecule has 1 aliphatic rings. The molecule has 112 valence electrons. The number of nitrogens with one attached hydrogen (secondary N) is 1. The lowest BCUT2D eigenvalue weighted by atomic mass is 9.92. The molecule has 2 aromatic carbocycles. The average Bonchev–Trinajstić information content (AvgIpc) is 3.05. The van der Waals surface area contributed by atoms with Crippen molar-refractivity contribution >= 4 is 10.8 Å². The van der Waals surface area contributed by atoms with E-state index in [2.05, 4.69) is 54.7 Å². The molecule has 21 heavy (non-hydrogen) atoms. The second-order valence-electron chi connectivity index (χ2n) is 6.07. The van der Waals surface area contributed by atoms with Crippen LogP contribution < -0.4 is 5.32 Å². The summed E-state index contributed by atoms with van der Waals surface area (Å²) in [5.74, 6) is 0.656. The molecule has 2 heteroatoms. The second-order valence-corrected chi connectivity index (χ2v) is 6.07. The number of benzene rings is 2. The smallest absolute Gasteiger partial charge is 0.0510 e. The summed E-state index contributed by atoms with van der Waals surface area (Å²) in [7, 11) is 0. The minimum absolute atomic E-state index is 0.536. The van der Waals surface area contributed by atoms with Gasteiger partial charge >= 0.3 is 0 Å². The Labute approximate surface area is 127 Å². The highest BCUT2D eigenvalue weighted by atomic mass is 16.5. The summed E-state index contributed by atoms with van der Waals surface area (Å²) in [5.41, 5.74) is 1.43. The maximum atomic E-state index is 5.59. The Kier molecular flexibility index (Phi) is 4.89. The van der Waals surface area contributed by atoms with Crippen molar-refractivity contribution in [1.29, 1.82) is 0 Å². The normalized spacial score (nSPS) is 20.0. The van der Waals surface area contributed by atoms with Crippen LogP contribution in [0.3, 0.4) is 0 Å². The van der Waals surface area contributed by atoms with Gasteiger partial charge in [0.2, 0.25) is 0 Å². The van der Waals surface area contributed by atoms with Crippen LogP contribution in [0.1, 0.15) is 25.3 Å². The summed E-state index contributed by atoms with van der Waals surface area (Å²) in [4.78, 5) is 0. The van der Waals surface area contributed by atoms with Gasteiger partial charge in [-0.3, -0.25) is 0 Å². The Morgan fingerprint density at radius 3 is 2.81 bits per heavy atom. The Bertz CT molecular complexity index is 575. The van der Waals surface area contributed by atoms with Gasteiger partial charge in [-0.1, -0.05) is 49.4 Å². The van der Waals surface area contributed by atoms with Gasteiger partial charge in [-0.05, 0) is 42.1 Å². The van der Waals surface area contributed by atoms with Crippen molar-refractivity contribution in [2.45, 2.75) is 32.2 Å². The molecule has 2 unspecified atom stereocenters. The minimum Gasteiger partial charge on any atom is -0.381 e. The highest BCUT2D eigenvalue weighted by molar-refractivity contribution is 5.82. The van der Waals surface area contributed by atoms with Gasteiger partial charge in [0.25, 0.3) is 0 Å². The van der Waals surface area contributed by atoms with Crippen LogP contribution in [0, 0.1) is 5.92 Å². The van der Waals surface area contributed by atoms with E-state index >= 15 is 0 Å². The number of ether oxygens (including phenoxy) is 1. The molecule has 0 aromatic heterocycles. The Hall–Kier alpha value is -1.38. The fourth-order valence-corrected chi connectivity index (χ4v) is 3.23. The van der Waals surface area contributed by atoms with E-state index in [0.717, 1.165) is 26.2 Å². The van der Waals surface area contributed by atoms with E-state index in [9.17, 15) is 0 Å². The lowest BCUT2D eigenvalue weighted by molar-refractivity contribution is 0.176. The number of fused-ring (bicyclic) bond motifs is 1. The molecule has 1 heterocycles. The summed E-state index contributed by atoms with van der Waals surface area (Å²) in [6.45, 7) is 5.15. The molecule has 1 fully saturated rings. The molecule has 0 aliphatic carbocycles. The molecule has 2 atom stereocenters. The average molecular weight is 283 g/mol. The second kappa shape index (κ2) is 7.06. The van der Waals surface area contributed by atoms with Crippen molar-refractivity contribution in [3.05, 3.63) is 48.0 Å². The van der Waals surface area contributed by atoms with Crippen molar-refractivity contribution in [1.82, 2.24) is 5.32 Å². The molecular formula is C19H25NO. The van der Waals surface area contributed by atoms with Crippen LogP contribution in [0.4, 0.5) is 0 Å². The summed E-state index contributed by atoms with van der Waals surface area (Å²) < 4.78 is 5.59. The van der Waals surface area contributed by atoms with Crippen molar-refractivity contribution in [2.24, 2.45) is 5.92 Å². The summed E-state index contributed by atoms with van der Waals surface area (Å²) in [6.07, 6.45) is 3.47. The monoisotopic (exact) mass is 283 g/mol. The first kappa shape index (κ1) is 14.6. The van der Waals surface area contributed by atoms with Gasteiger partial charge in [0.05, 0.1) is 6.61 Å². The maximum Gasteiger partial charge on any atom is 0.0510 e. The third kappa shape index (κ3) is 3.63. The van der Waals surface area contributed by atoms with Crippen LogP contribution in [-0.2, 0) is 11.2 Å². The molecule has 0 bridgehead atoms. The van der Waals surface area contributed by atoms with E-state index in [1.54, 1.807) is 0 Å². The van der Waals surface area contributed by atoms with E-state index < -0.39 is 0 Å².